The number of hydrogen-bond donors (Lipinski definition) is 1. The van der Waals surface area contributed by atoms with E-state index in [1.165, 1.54) is 25.3 Å². The second kappa shape index (κ2) is 9.04. The Hall–Kier alpha value is -1.96. The Labute approximate surface area is 180 Å². The molecule has 164 valence electrons. The molecule has 2 saturated heterocycles. The van der Waals surface area contributed by atoms with Crippen LogP contribution in [0.2, 0.25) is 0 Å². The third-order valence-electron chi connectivity index (χ3n) is 5.82. The molecule has 2 aromatic rings. The van der Waals surface area contributed by atoms with E-state index in [-0.39, 0.29) is 30.1 Å². The van der Waals surface area contributed by atoms with Gasteiger partial charge in [0, 0.05) is 11.5 Å². The van der Waals surface area contributed by atoms with Gasteiger partial charge in [-0.1, -0.05) is 30.3 Å². The molecule has 0 unspecified atom stereocenters. The normalized spacial score (nSPS) is 26.3. The average molecular weight is 444 g/mol. The third-order valence-corrected chi connectivity index (χ3v) is 5.82. The van der Waals surface area contributed by atoms with Crippen molar-refractivity contribution in [2.45, 2.75) is 43.2 Å². The molecule has 2 aromatic carbocycles. The Kier molecular flexibility index (Phi) is 6.84. The van der Waals surface area contributed by atoms with Crippen molar-refractivity contribution in [3.05, 3.63) is 59.7 Å². The van der Waals surface area contributed by atoms with Gasteiger partial charge in [-0.05, 0) is 49.6 Å². The van der Waals surface area contributed by atoms with E-state index in [0.29, 0.717) is 24.3 Å². The van der Waals surface area contributed by atoms with Crippen molar-refractivity contribution >= 4 is 12.4 Å². The van der Waals surface area contributed by atoms with Crippen LogP contribution in [-0.4, -0.2) is 32.2 Å². The summed E-state index contributed by atoms with van der Waals surface area (Å²) in [6, 6.07) is 14.4. The van der Waals surface area contributed by atoms with E-state index >= 15 is 0 Å². The van der Waals surface area contributed by atoms with Gasteiger partial charge in [0.25, 0.3) is 0 Å². The molecule has 2 aliphatic heterocycles. The quantitative estimate of drug-likeness (QED) is 0.688. The van der Waals surface area contributed by atoms with Gasteiger partial charge in [-0.2, -0.15) is 0 Å². The van der Waals surface area contributed by atoms with Crippen molar-refractivity contribution in [1.82, 2.24) is 5.32 Å². The van der Waals surface area contributed by atoms with Gasteiger partial charge in [0.05, 0.1) is 25.4 Å². The fourth-order valence-electron chi connectivity index (χ4n) is 4.64. The van der Waals surface area contributed by atoms with Gasteiger partial charge >= 0.3 is 6.36 Å². The molecule has 0 amide bonds. The summed E-state index contributed by atoms with van der Waals surface area (Å²) in [5.74, 6) is 0.230. The molecule has 30 heavy (non-hydrogen) atoms. The van der Waals surface area contributed by atoms with Crippen LogP contribution in [0.15, 0.2) is 48.5 Å². The van der Waals surface area contributed by atoms with E-state index in [4.69, 9.17) is 9.47 Å². The maximum Gasteiger partial charge on any atom is 0.573 e. The summed E-state index contributed by atoms with van der Waals surface area (Å²) in [7, 11) is 1.52. The fraction of sp³-hybridized carbons (Fsp3) is 0.455. The first kappa shape index (κ1) is 22.7. The second-order valence-electron chi connectivity index (χ2n) is 7.63. The number of alkyl halides is 3. The lowest BCUT2D eigenvalue weighted by Gasteiger charge is -2.41. The largest absolute Gasteiger partial charge is 0.573 e. The Balaban J connectivity index is 0.00000256. The summed E-state index contributed by atoms with van der Waals surface area (Å²) in [5, 5.41) is 3.58. The highest BCUT2D eigenvalue weighted by Gasteiger charge is 2.49. The first-order chi connectivity index (χ1) is 13.9. The van der Waals surface area contributed by atoms with Gasteiger partial charge in [-0.3, -0.25) is 0 Å². The zero-order valence-corrected chi connectivity index (χ0v) is 17.4. The molecule has 1 spiro atoms. The van der Waals surface area contributed by atoms with Crippen LogP contribution in [0.25, 0.3) is 0 Å². The minimum absolute atomic E-state index is 0. The van der Waals surface area contributed by atoms with Crippen LogP contribution >= 0.6 is 12.4 Å². The number of nitrogens with one attached hydrogen (secondary N) is 1. The van der Waals surface area contributed by atoms with Crippen LogP contribution in [0.1, 0.15) is 42.3 Å². The summed E-state index contributed by atoms with van der Waals surface area (Å²) in [4.78, 5) is 0. The summed E-state index contributed by atoms with van der Waals surface area (Å²) in [5.41, 5.74) is 1.45. The van der Waals surface area contributed by atoms with E-state index in [1.807, 2.05) is 18.2 Å². The van der Waals surface area contributed by atoms with Gasteiger partial charge in [-0.15, -0.1) is 25.6 Å². The summed E-state index contributed by atoms with van der Waals surface area (Å²) >= 11 is 0. The van der Waals surface area contributed by atoms with Gasteiger partial charge in [0.2, 0.25) is 0 Å². The standard InChI is InChI=1S/C22H24F3NO3.ClH/c1-27-19-9-8-17(29-22(23,24)25)12-18(19)16-13-21(28-14-16)10-5-11-26-20(21)15-6-3-2-4-7-15;/h2-4,6-9,12,16,20,26H,5,10-11,13-14H2,1H3;1H/t16-,20-,21+;/m0./s1. The van der Waals surface area contributed by atoms with Crippen molar-refractivity contribution in [1.29, 1.82) is 0 Å². The zero-order valence-electron chi connectivity index (χ0n) is 16.6. The molecular formula is C22H25ClF3NO3. The maximum atomic E-state index is 12.7. The highest BCUT2D eigenvalue weighted by atomic mass is 35.5. The lowest BCUT2D eigenvalue weighted by Crippen LogP contribution is -2.48. The van der Waals surface area contributed by atoms with Crippen LogP contribution in [-0.2, 0) is 4.74 Å². The van der Waals surface area contributed by atoms with E-state index in [9.17, 15) is 13.2 Å². The minimum atomic E-state index is -4.73. The van der Waals surface area contributed by atoms with Crippen LogP contribution in [0, 0.1) is 0 Å². The molecule has 4 rings (SSSR count). The predicted octanol–water partition coefficient (Wildman–Crippen LogP) is 5.38. The molecular weight excluding hydrogens is 419 g/mol. The SMILES string of the molecule is COc1ccc(OC(F)(F)F)cc1[C@@H]1CO[C@]2(CCCN[C@H]2c2ccccc2)C1.Cl. The lowest BCUT2D eigenvalue weighted by atomic mass is 9.77. The molecule has 0 saturated carbocycles. The van der Waals surface area contributed by atoms with Crippen LogP contribution < -0.4 is 14.8 Å². The Morgan fingerprint density at radius 1 is 1.13 bits per heavy atom. The average Bonchev–Trinajstić information content (AvgIpc) is 3.12. The molecule has 2 aliphatic rings. The Morgan fingerprint density at radius 3 is 2.60 bits per heavy atom. The van der Waals surface area contributed by atoms with Crippen LogP contribution in [0.3, 0.4) is 0 Å². The topological polar surface area (TPSA) is 39.7 Å². The number of methoxy groups -OCH3 is 1. The smallest absolute Gasteiger partial charge is 0.496 e. The monoisotopic (exact) mass is 443 g/mol. The third kappa shape index (κ3) is 4.68. The lowest BCUT2D eigenvalue weighted by molar-refractivity contribution is -0.274. The van der Waals surface area contributed by atoms with E-state index in [2.05, 4.69) is 22.2 Å². The highest BCUT2D eigenvalue weighted by Crippen LogP contribution is 2.50. The van der Waals surface area contributed by atoms with Gasteiger partial charge in [0.1, 0.15) is 11.5 Å². The molecule has 2 heterocycles. The van der Waals surface area contributed by atoms with Crippen molar-refractivity contribution in [2.75, 3.05) is 20.3 Å². The van der Waals surface area contributed by atoms with Crippen LogP contribution in [0.5, 0.6) is 11.5 Å². The maximum absolute atomic E-state index is 12.7. The van der Waals surface area contributed by atoms with E-state index in [1.54, 1.807) is 0 Å². The van der Waals surface area contributed by atoms with Crippen molar-refractivity contribution in [3.63, 3.8) is 0 Å². The molecule has 0 aliphatic carbocycles. The molecule has 1 N–H and O–H groups in total. The molecule has 0 radical (unpaired) electrons. The first-order valence-electron chi connectivity index (χ1n) is 9.76. The zero-order chi connectivity index (χ0) is 20.5. The van der Waals surface area contributed by atoms with Gasteiger partial charge in [0.15, 0.2) is 0 Å². The fourth-order valence-corrected chi connectivity index (χ4v) is 4.64. The van der Waals surface area contributed by atoms with E-state index in [0.717, 1.165) is 24.9 Å². The van der Waals surface area contributed by atoms with E-state index < -0.39 is 12.0 Å². The minimum Gasteiger partial charge on any atom is -0.496 e. The predicted molar refractivity (Wildman–Crippen MR) is 109 cm³/mol. The number of ether oxygens (including phenoxy) is 3. The summed E-state index contributed by atoms with van der Waals surface area (Å²) in [6.45, 7) is 1.34. The van der Waals surface area contributed by atoms with Gasteiger partial charge < -0.3 is 19.5 Å². The number of hydrogen-bond acceptors (Lipinski definition) is 4. The van der Waals surface area contributed by atoms with Gasteiger partial charge in [-0.25, -0.2) is 0 Å². The molecule has 3 atom stereocenters. The number of rotatable bonds is 4. The van der Waals surface area contributed by atoms with Crippen molar-refractivity contribution < 1.29 is 27.4 Å². The van der Waals surface area contributed by atoms with Crippen LogP contribution in [0.4, 0.5) is 13.2 Å². The molecule has 0 aromatic heterocycles. The van der Waals surface area contributed by atoms with Crippen molar-refractivity contribution in [2.24, 2.45) is 0 Å². The Morgan fingerprint density at radius 2 is 1.90 bits per heavy atom. The number of benzene rings is 2. The molecule has 2 fully saturated rings. The molecule has 8 heteroatoms. The molecule has 4 nitrogen and oxygen atoms in total. The molecule has 0 bridgehead atoms. The van der Waals surface area contributed by atoms with Crippen molar-refractivity contribution in [3.8, 4) is 11.5 Å². The highest BCUT2D eigenvalue weighted by molar-refractivity contribution is 5.85. The summed E-state index contributed by atoms with van der Waals surface area (Å²) < 4.78 is 53.9. The Bertz CT molecular complexity index is 849. The first-order valence-corrected chi connectivity index (χ1v) is 9.76. The number of piperidine rings is 1. The second-order valence-corrected chi connectivity index (χ2v) is 7.63. The number of halogens is 4. The summed E-state index contributed by atoms with van der Waals surface area (Å²) in [6.07, 6.45) is -2.14.